The largest absolute Gasteiger partial charge is 0.481 e. The number of rotatable bonds is 5. The number of hydrogen-bond acceptors (Lipinski definition) is 3. The number of amides is 1. The standard InChI is InChI=1S/C16H22N2O3/c1-11(9-15(19)20)12-3-5-14(6-4-12)17-16(21)13-7-8-18(2)10-13/h3-6,11,13H,7-10H2,1-2H3,(H,17,21)(H,19,20). The Kier molecular flexibility index (Phi) is 4.96. The molecule has 1 aliphatic rings. The summed E-state index contributed by atoms with van der Waals surface area (Å²) in [5, 5.41) is 11.7. The van der Waals surface area contributed by atoms with Gasteiger partial charge >= 0.3 is 5.97 Å². The molecule has 1 amide bonds. The summed E-state index contributed by atoms with van der Waals surface area (Å²) in [6.07, 6.45) is 1.01. The molecule has 2 atom stereocenters. The first kappa shape index (κ1) is 15.5. The first-order valence-corrected chi connectivity index (χ1v) is 7.27. The molecule has 2 rings (SSSR count). The predicted molar refractivity (Wildman–Crippen MR) is 81.3 cm³/mol. The van der Waals surface area contributed by atoms with Gasteiger partial charge in [-0.2, -0.15) is 0 Å². The van der Waals surface area contributed by atoms with Crippen LogP contribution in [0.5, 0.6) is 0 Å². The van der Waals surface area contributed by atoms with Crippen molar-refractivity contribution in [1.82, 2.24) is 4.90 Å². The molecule has 2 unspecified atom stereocenters. The zero-order chi connectivity index (χ0) is 15.4. The molecule has 1 saturated heterocycles. The van der Waals surface area contributed by atoms with Gasteiger partial charge in [-0.15, -0.1) is 0 Å². The van der Waals surface area contributed by atoms with Crippen molar-refractivity contribution < 1.29 is 14.7 Å². The lowest BCUT2D eigenvalue weighted by Crippen LogP contribution is -2.25. The van der Waals surface area contributed by atoms with Crippen LogP contribution < -0.4 is 5.32 Å². The average molecular weight is 290 g/mol. The number of carbonyl (C=O) groups is 2. The normalized spacial score (nSPS) is 20.2. The lowest BCUT2D eigenvalue weighted by Gasteiger charge is -2.13. The molecule has 5 nitrogen and oxygen atoms in total. The molecule has 1 aromatic carbocycles. The Balaban J connectivity index is 1.93. The number of carbonyl (C=O) groups excluding carboxylic acids is 1. The minimum atomic E-state index is -0.801. The maximum absolute atomic E-state index is 12.1. The molecule has 1 fully saturated rings. The topological polar surface area (TPSA) is 69.6 Å². The van der Waals surface area contributed by atoms with E-state index in [0.717, 1.165) is 30.8 Å². The Morgan fingerprint density at radius 1 is 1.38 bits per heavy atom. The Labute approximate surface area is 125 Å². The van der Waals surface area contributed by atoms with Crippen LogP contribution in [0.25, 0.3) is 0 Å². The van der Waals surface area contributed by atoms with Crippen LogP contribution in [0.3, 0.4) is 0 Å². The number of anilines is 1. The van der Waals surface area contributed by atoms with Crippen molar-refractivity contribution in [3.63, 3.8) is 0 Å². The van der Waals surface area contributed by atoms with E-state index in [0.29, 0.717) is 0 Å². The number of aliphatic carboxylic acids is 1. The van der Waals surface area contributed by atoms with Crippen LogP contribution in [0.1, 0.15) is 31.2 Å². The van der Waals surface area contributed by atoms with Crippen LogP contribution in [-0.4, -0.2) is 42.0 Å². The van der Waals surface area contributed by atoms with Crippen molar-refractivity contribution >= 4 is 17.6 Å². The van der Waals surface area contributed by atoms with Gasteiger partial charge < -0.3 is 15.3 Å². The number of benzene rings is 1. The van der Waals surface area contributed by atoms with Crippen LogP contribution in [0, 0.1) is 5.92 Å². The summed E-state index contributed by atoms with van der Waals surface area (Å²) in [5.74, 6) is -0.715. The van der Waals surface area contributed by atoms with E-state index in [1.807, 2.05) is 38.2 Å². The van der Waals surface area contributed by atoms with Gasteiger partial charge in [0.1, 0.15) is 0 Å². The molecule has 1 aromatic rings. The molecule has 1 heterocycles. The number of nitrogens with zero attached hydrogens (tertiary/aromatic N) is 1. The first-order chi connectivity index (χ1) is 9.95. The minimum Gasteiger partial charge on any atom is -0.481 e. The number of carboxylic acid groups (broad SMARTS) is 1. The highest BCUT2D eigenvalue weighted by atomic mass is 16.4. The summed E-state index contributed by atoms with van der Waals surface area (Å²) in [6, 6.07) is 7.43. The van der Waals surface area contributed by atoms with Crippen molar-refractivity contribution in [2.45, 2.75) is 25.7 Å². The Hall–Kier alpha value is -1.88. The zero-order valence-electron chi connectivity index (χ0n) is 12.5. The van der Waals surface area contributed by atoms with E-state index in [4.69, 9.17) is 5.11 Å². The van der Waals surface area contributed by atoms with Gasteiger partial charge in [-0.25, -0.2) is 0 Å². The maximum Gasteiger partial charge on any atom is 0.303 e. The molecule has 114 valence electrons. The summed E-state index contributed by atoms with van der Waals surface area (Å²) in [6.45, 7) is 3.65. The van der Waals surface area contributed by atoms with E-state index in [1.165, 1.54) is 0 Å². The highest BCUT2D eigenvalue weighted by Gasteiger charge is 2.26. The molecular weight excluding hydrogens is 268 g/mol. The highest BCUT2D eigenvalue weighted by Crippen LogP contribution is 2.22. The van der Waals surface area contributed by atoms with E-state index in [2.05, 4.69) is 10.2 Å². The summed E-state index contributed by atoms with van der Waals surface area (Å²) < 4.78 is 0. The fourth-order valence-corrected chi connectivity index (χ4v) is 2.67. The van der Waals surface area contributed by atoms with E-state index in [9.17, 15) is 9.59 Å². The minimum absolute atomic E-state index is 0.0317. The third-order valence-electron chi connectivity index (χ3n) is 3.99. The van der Waals surface area contributed by atoms with E-state index < -0.39 is 5.97 Å². The quantitative estimate of drug-likeness (QED) is 0.872. The second-order valence-corrected chi connectivity index (χ2v) is 5.86. The van der Waals surface area contributed by atoms with Gasteiger partial charge in [-0.3, -0.25) is 9.59 Å². The van der Waals surface area contributed by atoms with Gasteiger partial charge in [-0.05, 0) is 43.6 Å². The van der Waals surface area contributed by atoms with E-state index in [1.54, 1.807) is 0 Å². The van der Waals surface area contributed by atoms with Gasteiger partial charge in [0.25, 0.3) is 0 Å². The van der Waals surface area contributed by atoms with Crippen molar-refractivity contribution in [1.29, 1.82) is 0 Å². The van der Waals surface area contributed by atoms with Gasteiger partial charge in [0.15, 0.2) is 0 Å². The molecule has 1 aliphatic heterocycles. The summed E-state index contributed by atoms with van der Waals surface area (Å²) in [7, 11) is 2.02. The van der Waals surface area contributed by atoms with Crippen molar-refractivity contribution in [3.8, 4) is 0 Å². The second kappa shape index (κ2) is 6.72. The monoisotopic (exact) mass is 290 g/mol. The summed E-state index contributed by atoms with van der Waals surface area (Å²) in [4.78, 5) is 25.0. The third kappa shape index (κ3) is 4.29. The first-order valence-electron chi connectivity index (χ1n) is 7.27. The van der Waals surface area contributed by atoms with Crippen LogP contribution in [0.15, 0.2) is 24.3 Å². The van der Waals surface area contributed by atoms with Gasteiger partial charge in [0, 0.05) is 12.2 Å². The molecular formula is C16H22N2O3. The van der Waals surface area contributed by atoms with Crippen molar-refractivity contribution in [2.75, 3.05) is 25.5 Å². The van der Waals surface area contributed by atoms with Crippen molar-refractivity contribution in [2.24, 2.45) is 5.92 Å². The Morgan fingerprint density at radius 3 is 2.57 bits per heavy atom. The van der Waals surface area contributed by atoms with Crippen LogP contribution in [0.2, 0.25) is 0 Å². The number of nitrogens with one attached hydrogen (secondary N) is 1. The smallest absolute Gasteiger partial charge is 0.303 e. The number of likely N-dealkylation sites (tertiary alicyclic amines) is 1. The zero-order valence-corrected chi connectivity index (χ0v) is 12.5. The predicted octanol–water partition coefficient (Wildman–Crippen LogP) is 2.16. The summed E-state index contributed by atoms with van der Waals surface area (Å²) in [5.41, 5.74) is 1.73. The lowest BCUT2D eigenvalue weighted by molar-refractivity contribution is -0.137. The second-order valence-electron chi connectivity index (χ2n) is 5.86. The van der Waals surface area contributed by atoms with Crippen LogP contribution in [0.4, 0.5) is 5.69 Å². The third-order valence-corrected chi connectivity index (χ3v) is 3.99. The van der Waals surface area contributed by atoms with Crippen molar-refractivity contribution in [3.05, 3.63) is 29.8 Å². The van der Waals surface area contributed by atoms with Gasteiger partial charge in [0.2, 0.25) is 5.91 Å². The van der Waals surface area contributed by atoms with Crippen LogP contribution >= 0.6 is 0 Å². The fourth-order valence-electron chi connectivity index (χ4n) is 2.67. The average Bonchev–Trinajstić information content (AvgIpc) is 2.85. The van der Waals surface area contributed by atoms with E-state index >= 15 is 0 Å². The molecule has 0 aromatic heterocycles. The number of hydrogen-bond donors (Lipinski definition) is 2. The number of carboxylic acids is 1. The lowest BCUT2D eigenvalue weighted by atomic mass is 9.97. The van der Waals surface area contributed by atoms with E-state index in [-0.39, 0.29) is 24.2 Å². The maximum atomic E-state index is 12.1. The highest BCUT2D eigenvalue weighted by molar-refractivity contribution is 5.92. The SMILES string of the molecule is CC(CC(=O)O)c1ccc(NC(=O)C2CCN(C)C2)cc1. The summed E-state index contributed by atoms with van der Waals surface area (Å²) >= 11 is 0. The molecule has 0 aliphatic carbocycles. The fraction of sp³-hybridized carbons (Fsp3) is 0.500. The molecule has 5 heteroatoms. The molecule has 0 bridgehead atoms. The Morgan fingerprint density at radius 2 is 2.05 bits per heavy atom. The Bertz CT molecular complexity index is 513. The van der Waals surface area contributed by atoms with Gasteiger partial charge in [-0.1, -0.05) is 19.1 Å². The molecule has 2 N–H and O–H groups in total. The molecule has 0 radical (unpaired) electrons. The van der Waals surface area contributed by atoms with Gasteiger partial charge in [0.05, 0.1) is 12.3 Å². The molecule has 21 heavy (non-hydrogen) atoms. The van der Waals surface area contributed by atoms with Crippen LogP contribution in [-0.2, 0) is 9.59 Å². The molecule has 0 saturated carbocycles. The molecule has 0 spiro atoms.